The highest BCUT2D eigenvalue weighted by molar-refractivity contribution is 5.93. The minimum atomic E-state index is -0.552. The average molecular weight is 359 g/mol. The quantitative estimate of drug-likeness (QED) is 0.413. The fourth-order valence-electron chi connectivity index (χ4n) is 1.97. The van der Waals surface area contributed by atoms with E-state index in [1.54, 1.807) is 25.4 Å². The normalized spacial score (nSPS) is 10.0. The third-order valence-electron chi connectivity index (χ3n) is 3.24. The van der Waals surface area contributed by atoms with Gasteiger partial charge in [-0.1, -0.05) is 0 Å². The van der Waals surface area contributed by atoms with Gasteiger partial charge in [-0.15, -0.1) is 0 Å². The Kier molecular flexibility index (Phi) is 6.54. The molecule has 1 amide bonds. The van der Waals surface area contributed by atoms with Gasteiger partial charge in [-0.3, -0.25) is 19.7 Å². The highest BCUT2D eigenvalue weighted by Crippen LogP contribution is 2.21. The number of nitro benzene ring substituents is 1. The number of ether oxygens (including phenoxy) is 1. The van der Waals surface area contributed by atoms with Gasteiger partial charge in [0.05, 0.1) is 11.3 Å². The molecule has 2 N–H and O–H groups in total. The van der Waals surface area contributed by atoms with Gasteiger partial charge in [0, 0.05) is 36.8 Å². The largest absolute Gasteiger partial charge is 0.456 e. The number of anilines is 2. The summed E-state index contributed by atoms with van der Waals surface area (Å²) in [5.41, 5.74) is 0.882. The number of non-ortho nitro benzene ring substituents is 1. The number of carbonyl (C=O) groups is 2. The summed E-state index contributed by atoms with van der Waals surface area (Å²) in [6.45, 7) is 1.45. The van der Waals surface area contributed by atoms with E-state index in [0.717, 1.165) is 0 Å². The molecular weight excluding hydrogens is 342 g/mol. The molecule has 0 saturated heterocycles. The first kappa shape index (κ1) is 18.8. The number of benzene rings is 1. The number of rotatable bonds is 8. The third-order valence-corrected chi connectivity index (χ3v) is 3.24. The number of nitro groups is 1. The number of aryl methyl sites for hydroxylation is 1. The molecule has 0 atom stereocenters. The summed E-state index contributed by atoms with van der Waals surface area (Å²) in [6.07, 6.45) is 3.18. The van der Waals surface area contributed by atoms with Crippen LogP contribution in [-0.2, 0) is 14.3 Å². The van der Waals surface area contributed by atoms with Crippen LogP contribution in [0.25, 0.3) is 0 Å². The van der Waals surface area contributed by atoms with Crippen molar-refractivity contribution in [1.29, 1.82) is 0 Å². The van der Waals surface area contributed by atoms with E-state index in [1.807, 2.05) is 0 Å². The second kappa shape index (κ2) is 9.06. The molecule has 0 saturated carbocycles. The molecule has 1 aromatic heterocycles. The molecule has 0 radical (unpaired) electrons. The molecule has 0 unspecified atom stereocenters. The van der Waals surface area contributed by atoms with E-state index in [9.17, 15) is 19.7 Å². The Balaban J connectivity index is 1.72. The van der Waals surface area contributed by atoms with Crippen molar-refractivity contribution in [2.24, 2.45) is 0 Å². The lowest BCUT2D eigenvalue weighted by Crippen LogP contribution is -2.22. The molecule has 26 heavy (non-hydrogen) atoms. The van der Waals surface area contributed by atoms with Gasteiger partial charge in [-0.05, 0) is 24.6 Å². The molecule has 0 spiro atoms. The van der Waals surface area contributed by atoms with Gasteiger partial charge in [-0.25, -0.2) is 9.97 Å². The molecule has 0 aliphatic heterocycles. The van der Waals surface area contributed by atoms with Crippen molar-refractivity contribution in [3.8, 4) is 0 Å². The predicted molar refractivity (Wildman–Crippen MR) is 92.6 cm³/mol. The number of aromatic nitrogens is 2. The minimum absolute atomic E-state index is 0.0437. The van der Waals surface area contributed by atoms with E-state index in [-0.39, 0.29) is 18.7 Å². The predicted octanol–water partition coefficient (Wildman–Crippen LogP) is 1.68. The average Bonchev–Trinajstić information content (AvgIpc) is 2.62. The van der Waals surface area contributed by atoms with Crippen LogP contribution in [0.5, 0.6) is 0 Å². The Labute approximate surface area is 148 Å². The number of carbonyl (C=O) groups excluding carboxylic acids is 2. The van der Waals surface area contributed by atoms with Crippen LogP contribution in [0.3, 0.4) is 0 Å². The Hall–Kier alpha value is -3.56. The maximum atomic E-state index is 11.8. The zero-order chi connectivity index (χ0) is 18.9. The van der Waals surface area contributed by atoms with Crippen LogP contribution in [0.4, 0.5) is 17.3 Å². The van der Waals surface area contributed by atoms with Crippen LogP contribution in [0, 0.1) is 17.0 Å². The number of hydrogen-bond acceptors (Lipinski definition) is 8. The zero-order valence-electron chi connectivity index (χ0n) is 14.0. The first-order valence-corrected chi connectivity index (χ1v) is 7.67. The molecule has 0 fully saturated rings. The number of amides is 1. The fraction of sp³-hybridized carbons (Fsp3) is 0.250. The van der Waals surface area contributed by atoms with E-state index in [2.05, 4.69) is 20.6 Å². The van der Waals surface area contributed by atoms with Crippen LogP contribution < -0.4 is 10.6 Å². The summed E-state index contributed by atoms with van der Waals surface area (Å²) in [4.78, 5) is 41.5. The Morgan fingerprint density at radius 1 is 1.27 bits per heavy atom. The monoisotopic (exact) mass is 359 g/mol. The number of nitrogens with zero attached hydrogens (tertiary/aromatic N) is 3. The van der Waals surface area contributed by atoms with Crippen molar-refractivity contribution in [3.63, 3.8) is 0 Å². The third kappa shape index (κ3) is 5.82. The van der Waals surface area contributed by atoms with E-state index in [1.165, 1.54) is 18.2 Å². The van der Waals surface area contributed by atoms with Crippen LogP contribution in [-0.4, -0.2) is 39.9 Å². The van der Waals surface area contributed by atoms with Crippen LogP contribution >= 0.6 is 0 Å². The van der Waals surface area contributed by atoms with Crippen molar-refractivity contribution >= 4 is 29.2 Å². The fourth-order valence-corrected chi connectivity index (χ4v) is 1.97. The zero-order valence-corrected chi connectivity index (χ0v) is 14.0. The van der Waals surface area contributed by atoms with E-state index in [0.29, 0.717) is 17.2 Å². The van der Waals surface area contributed by atoms with Crippen LogP contribution in [0.15, 0.2) is 36.7 Å². The summed E-state index contributed by atoms with van der Waals surface area (Å²) in [5.74, 6) is -0.689. The lowest BCUT2D eigenvalue weighted by Gasteiger charge is -2.09. The van der Waals surface area contributed by atoms with Crippen molar-refractivity contribution in [2.75, 3.05) is 23.8 Å². The van der Waals surface area contributed by atoms with E-state index in [4.69, 9.17) is 4.74 Å². The highest BCUT2D eigenvalue weighted by Gasteiger charge is 2.12. The molecule has 2 aromatic rings. The second-order valence-electron chi connectivity index (χ2n) is 5.21. The highest BCUT2D eigenvalue weighted by atomic mass is 16.6. The molecular formula is C16H17N5O5. The Bertz CT molecular complexity index is 797. The number of nitrogens with one attached hydrogen (secondary N) is 2. The van der Waals surface area contributed by atoms with Gasteiger partial charge >= 0.3 is 5.97 Å². The Morgan fingerprint density at radius 2 is 2.00 bits per heavy atom. The van der Waals surface area contributed by atoms with E-state index >= 15 is 0 Å². The van der Waals surface area contributed by atoms with Gasteiger partial charge in [0.15, 0.2) is 6.61 Å². The molecule has 0 aliphatic rings. The molecule has 2 rings (SSSR count). The standard InChI is InChI=1S/C16H17N5O5/c1-11-9-12(21(24)25)3-4-13(11)20-14(22)10-26-15(23)5-8-19-16-17-6-2-7-18-16/h2-4,6-7,9H,5,8,10H2,1H3,(H,20,22)(H,17,18,19). The SMILES string of the molecule is Cc1cc([N+](=O)[O-])ccc1NC(=O)COC(=O)CCNc1ncccn1. The van der Waals surface area contributed by atoms with Crippen molar-refractivity contribution in [1.82, 2.24) is 9.97 Å². The van der Waals surface area contributed by atoms with E-state index < -0.39 is 23.4 Å². The molecule has 0 bridgehead atoms. The summed E-state index contributed by atoms with van der Waals surface area (Å²) in [5, 5.41) is 16.1. The summed E-state index contributed by atoms with van der Waals surface area (Å²) in [6, 6.07) is 5.73. The lowest BCUT2D eigenvalue weighted by atomic mass is 10.2. The number of hydrogen-bond donors (Lipinski definition) is 2. The van der Waals surface area contributed by atoms with Crippen molar-refractivity contribution in [3.05, 3.63) is 52.3 Å². The summed E-state index contributed by atoms with van der Waals surface area (Å²) >= 11 is 0. The van der Waals surface area contributed by atoms with Gasteiger partial charge in [0.1, 0.15) is 0 Å². The van der Waals surface area contributed by atoms with Gasteiger partial charge in [0.2, 0.25) is 5.95 Å². The lowest BCUT2D eigenvalue weighted by molar-refractivity contribution is -0.384. The van der Waals surface area contributed by atoms with Crippen molar-refractivity contribution < 1.29 is 19.2 Å². The van der Waals surface area contributed by atoms with Crippen LogP contribution in [0.2, 0.25) is 0 Å². The second-order valence-corrected chi connectivity index (χ2v) is 5.21. The molecule has 10 heteroatoms. The minimum Gasteiger partial charge on any atom is -0.456 e. The molecule has 1 heterocycles. The molecule has 136 valence electrons. The molecule has 0 aliphatic carbocycles. The van der Waals surface area contributed by atoms with Gasteiger partial charge < -0.3 is 15.4 Å². The number of esters is 1. The molecule has 10 nitrogen and oxygen atoms in total. The van der Waals surface area contributed by atoms with Crippen LogP contribution in [0.1, 0.15) is 12.0 Å². The summed E-state index contributed by atoms with van der Waals surface area (Å²) in [7, 11) is 0. The first-order valence-electron chi connectivity index (χ1n) is 7.67. The Morgan fingerprint density at radius 3 is 2.65 bits per heavy atom. The molecule has 1 aromatic carbocycles. The van der Waals surface area contributed by atoms with Gasteiger partial charge in [-0.2, -0.15) is 0 Å². The summed E-state index contributed by atoms with van der Waals surface area (Å²) < 4.78 is 4.88. The topological polar surface area (TPSA) is 136 Å². The van der Waals surface area contributed by atoms with Crippen molar-refractivity contribution in [2.45, 2.75) is 13.3 Å². The van der Waals surface area contributed by atoms with Gasteiger partial charge in [0.25, 0.3) is 11.6 Å². The smallest absolute Gasteiger partial charge is 0.308 e. The maximum Gasteiger partial charge on any atom is 0.308 e. The first-order chi connectivity index (χ1) is 12.5. The maximum absolute atomic E-state index is 11.8.